The third kappa shape index (κ3) is 2.65. The topological polar surface area (TPSA) is 78.9 Å². The van der Waals surface area contributed by atoms with Crippen molar-refractivity contribution >= 4 is 23.4 Å². The first-order valence-corrected chi connectivity index (χ1v) is 6.26. The summed E-state index contributed by atoms with van der Waals surface area (Å²) in [6, 6.07) is 6.16. The van der Waals surface area contributed by atoms with E-state index in [4.69, 9.17) is 9.84 Å². The van der Waals surface area contributed by atoms with Crippen LogP contribution in [0.3, 0.4) is 0 Å². The van der Waals surface area contributed by atoms with E-state index < -0.39 is 12.1 Å². The second-order valence-electron chi connectivity index (χ2n) is 4.27. The van der Waals surface area contributed by atoms with Crippen molar-refractivity contribution in [3.8, 4) is 0 Å². The molecule has 6 heteroatoms. The van der Waals surface area contributed by atoms with Crippen molar-refractivity contribution < 1.29 is 19.4 Å². The molecule has 2 N–H and O–H groups in total. The standard InChI is InChI=1S/C14H16N2O4/c1-2-9-20-14(19)16-11-6-4-3-5-10(11)15-13(18)12(16)7-8-17/h2-6,12,17H,1,7-9H2,(H,15,18). The molecule has 0 radical (unpaired) electrons. The van der Waals surface area contributed by atoms with Crippen LogP contribution < -0.4 is 10.2 Å². The molecule has 1 atom stereocenters. The molecule has 0 saturated carbocycles. The Morgan fingerprint density at radius 2 is 2.25 bits per heavy atom. The van der Waals surface area contributed by atoms with E-state index in [0.29, 0.717) is 11.4 Å². The fourth-order valence-corrected chi connectivity index (χ4v) is 2.10. The van der Waals surface area contributed by atoms with Gasteiger partial charge in [-0.25, -0.2) is 4.79 Å². The molecule has 106 valence electrons. The van der Waals surface area contributed by atoms with Gasteiger partial charge in [0.15, 0.2) is 0 Å². The van der Waals surface area contributed by atoms with E-state index in [-0.39, 0.29) is 25.5 Å². The maximum absolute atomic E-state index is 12.1. The zero-order valence-electron chi connectivity index (χ0n) is 10.9. The Bertz CT molecular complexity index is 530. The summed E-state index contributed by atoms with van der Waals surface area (Å²) in [4.78, 5) is 25.5. The van der Waals surface area contributed by atoms with Crippen LogP contribution >= 0.6 is 0 Å². The molecule has 2 amide bonds. The first-order valence-electron chi connectivity index (χ1n) is 6.26. The molecule has 0 fully saturated rings. The van der Waals surface area contributed by atoms with E-state index in [1.807, 2.05) is 0 Å². The van der Waals surface area contributed by atoms with Crippen LogP contribution in [0.2, 0.25) is 0 Å². The second kappa shape index (κ2) is 6.21. The number of amides is 2. The first-order chi connectivity index (χ1) is 9.69. The summed E-state index contributed by atoms with van der Waals surface area (Å²) in [6.45, 7) is 3.33. The van der Waals surface area contributed by atoms with Crippen molar-refractivity contribution in [2.24, 2.45) is 0 Å². The van der Waals surface area contributed by atoms with E-state index in [9.17, 15) is 9.59 Å². The Morgan fingerprint density at radius 3 is 2.95 bits per heavy atom. The maximum atomic E-state index is 12.1. The summed E-state index contributed by atoms with van der Waals surface area (Å²) in [6.07, 6.45) is 0.962. The predicted molar refractivity (Wildman–Crippen MR) is 74.6 cm³/mol. The van der Waals surface area contributed by atoms with Crippen LogP contribution in [0, 0.1) is 0 Å². The summed E-state index contributed by atoms with van der Waals surface area (Å²) in [5, 5.41) is 11.8. The van der Waals surface area contributed by atoms with Crippen LogP contribution in [0.4, 0.5) is 16.2 Å². The van der Waals surface area contributed by atoms with E-state index in [2.05, 4.69) is 11.9 Å². The minimum atomic E-state index is -0.785. The number of ether oxygens (including phenoxy) is 1. The number of para-hydroxylation sites is 2. The lowest BCUT2D eigenvalue weighted by Crippen LogP contribution is -2.51. The summed E-state index contributed by atoms with van der Waals surface area (Å²) in [7, 11) is 0. The lowest BCUT2D eigenvalue weighted by Gasteiger charge is -2.35. The SMILES string of the molecule is C=CCOC(=O)N1c2ccccc2NC(=O)C1CCO. The highest BCUT2D eigenvalue weighted by molar-refractivity contribution is 6.10. The van der Waals surface area contributed by atoms with Crippen molar-refractivity contribution in [3.05, 3.63) is 36.9 Å². The number of nitrogens with zero attached hydrogens (tertiary/aromatic N) is 1. The summed E-state index contributed by atoms with van der Waals surface area (Å²) < 4.78 is 5.02. The number of rotatable bonds is 4. The molecular formula is C14H16N2O4. The van der Waals surface area contributed by atoms with Gasteiger partial charge in [-0.2, -0.15) is 0 Å². The lowest BCUT2D eigenvalue weighted by molar-refractivity contribution is -0.118. The Labute approximate surface area is 116 Å². The van der Waals surface area contributed by atoms with Crippen molar-refractivity contribution in [2.45, 2.75) is 12.5 Å². The Kier molecular flexibility index (Phi) is 4.37. The van der Waals surface area contributed by atoms with E-state index in [1.54, 1.807) is 24.3 Å². The number of anilines is 2. The van der Waals surface area contributed by atoms with Gasteiger partial charge in [0.25, 0.3) is 0 Å². The fourth-order valence-electron chi connectivity index (χ4n) is 2.10. The van der Waals surface area contributed by atoms with Crippen LogP contribution in [-0.4, -0.2) is 36.4 Å². The van der Waals surface area contributed by atoms with Gasteiger partial charge < -0.3 is 15.2 Å². The third-order valence-electron chi connectivity index (χ3n) is 2.96. The molecule has 1 aromatic rings. The number of benzene rings is 1. The van der Waals surface area contributed by atoms with Crippen molar-refractivity contribution in [1.29, 1.82) is 0 Å². The molecule has 6 nitrogen and oxygen atoms in total. The van der Waals surface area contributed by atoms with Gasteiger partial charge in [-0.05, 0) is 12.1 Å². The molecule has 1 heterocycles. The van der Waals surface area contributed by atoms with Gasteiger partial charge in [0.05, 0.1) is 11.4 Å². The lowest BCUT2D eigenvalue weighted by atomic mass is 10.1. The van der Waals surface area contributed by atoms with Gasteiger partial charge in [0.2, 0.25) is 5.91 Å². The maximum Gasteiger partial charge on any atom is 0.415 e. The molecule has 0 spiro atoms. The van der Waals surface area contributed by atoms with Gasteiger partial charge in [0, 0.05) is 13.0 Å². The quantitative estimate of drug-likeness (QED) is 0.817. The smallest absolute Gasteiger partial charge is 0.415 e. The third-order valence-corrected chi connectivity index (χ3v) is 2.96. The summed E-state index contributed by atoms with van der Waals surface area (Å²) >= 11 is 0. The van der Waals surface area contributed by atoms with Crippen molar-refractivity contribution in [1.82, 2.24) is 0 Å². The second-order valence-corrected chi connectivity index (χ2v) is 4.27. The molecule has 0 aromatic heterocycles. The molecule has 0 saturated heterocycles. The Balaban J connectivity index is 2.37. The van der Waals surface area contributed by atoms with Crippen LogP contribution in [0.25, 0.3) is 0 Å². The molecule has 0 aliphatic carbocycles. The molecule has 1 aliphatic heterocycles. The van der Waals surface area contributed by atoms with E-state index >= 15 is 0 Å². The minimum absolute atomic E-state index is 0.0605. The van der Waals surface area contributed by atoms with E-state index in [0.717, 1.165) is 0 Å². The molecule has 1 aromatic carbocycles. The Hall–Kier alpha value is -2.34. The molecule has 20 heavy (non-hydrogen) atoms. The molecule has 2 rings (SSSR count). The first kappa shape index (κ1) is 14.1. The summed E-state index contributed by atoms with van der Waals surface area (Å²) in [5.74, 6) is -0.340. The number of hydrogen-bond donors (Lipinski definition) is 2. The van der Waals surface area contributed by atoms with Crippen LogP contribution in [0.15, 0.2) is 36.9 Å². The highest BCUT2D eigenvalue weighted by atomic mass is 16.6. The molecule has 1 aliphatic rings. The van der Waals surface area contributed by atoms with Crippen molar-refractivity contribution in [3.63, 3.8) is 0 Å². The number of nitrogens with one attached hydrogen (secondary N) is 1. The van der Waals surface area contributed by atoms with Crippen LogP contribution in [0.5, 0.6) is 0 Å². The zero-order chi connectivity index (χ0) is 14.5. The Morgan fingerprint density at radius 1 is 1.50 bits per heavy atom. The average Bonchev–Trinajstić information content (AvgIpc) is 2.45. The minimum Gasteiger partial charge on any atom is -0.445 e. The zero-order valence-corrected chi connectivity index (χ0v) is 10.9. The molecule has 0 bridgehead atoms. The number of aliphatic hydroxyl groups is 1. The average molecular weight is 276 g/mol. The van der Waals surface area contributed by atoms with Gasteiger partial charge in [-0.15, -0.1) is 0 Å². The number of carbonyl (C=O) groups excluding carboxylic acids is 2. The fraction of sp³-hybridized carbons (Fsp3) is 0.286. The van der Waals surface area contributed by atoms with Crippen LogP contribution in [-0.2, 0) is 9.53 Å². The van der Waals surface area contributed by atoms with E-state index in [1.165, 1.54) is 11.0 Å². The van der Waals surface area contributed by atoms with Gasteiger partial charge in [0.1, 0.15) is 12.6 Å². The van der Waals surface area contributed by atoms with Crippen LogP contribution in [0.1, 0.15) is 6.42 Å². The van der Waals surface area contributed by atoms with Gasteiger partial charge in [-0.3, -0.25) is 9.69 Å². The predicted octanol–water partition coefficient (Wildman–Crippen LogP) is 1.52. The highest BCUT2D eigenvalue weighted by Gasteiger charge is 2.37. The number of hydrogen-bond acceptors (Lipinski definition) is 4. The molecular weight excluding hydrogens is 260 g/mol. The largest absolute Gasteiger partial charge is 0.445 e. The number of carbonyl (C=O) groups is 2. The monoisotopic (exact) mass is 276 g/mol. The normalized spacial score (nSPS) is 17.1. The summed E-state index contributed by atoms with van der Waals surface area (Å²) in [5.41, 5.74) is 1.10. The van der Waals surface area contributed by atoms with Gasteiger partial charge >= 0.3 is 6.09 Å². The number of aliphatic hydroxyl groups excluding tert-OH is 1. The van der Waals surface area contributed by atoms with Gasteiger partial charge in [-0.1, -0.05) is 24.8 Å². The number of fused-ring (bicyclic) bond motifs is 1. The molecule has 1 unspecified atom stereocenters. The highest BCUT2D eigenvalue weighted by Crippen LogP contribution is 2.33. The van der Waals surface area contributed by atoms with Crippen molar-refractivity contribution in [2.75, 3.05) is 23.4 Å².